The summed E-state index contributed by atoms with van der Waals surface area (Å²) in [6, 6.07) is 7.86. The Morgan fingerprint density at radius 2 is 1.89 bits per heavy atom. The lowest BCUT2D eigenvalue weighted by Crippen LogP contribution is -2.21. The molecular formula is C13H14BrN5. The van der Waals surface area contributed by atoms with E-state index in [2.05, 4.69) is 35.8 Å². The summed E-state index contributed by atoms with van der Waals surface area (Å²) in [5, 5.41) is 0. The standard InChI is InChI=1S/C13H14BrN5/c14-10-5-3-4-9(8-10)11-16-12(15)18-13(17-11)19-6-1-2-7-19/h3-5,8H,1-2,6-7H2,(H2,15,16,17,18). The van der Waals surface area contributed by atoms with Crippen LogP contribution in [0.3, 0.4) is 0 Å². The van der Waals surface area contributed by atoms with E-state index in [1.54, 1.807) is 0 Å². The second-order valence-electron chi connectivity index (χ2n) is 4.52. The number of hydrogen-bond acceptors (Lipinski definition) is 5. The second kappa shape index (κ2) is 5.13. The van der Waals surface area contributed by atoms with E-state index in [1.807, 2.05) is 24.3 Å². The van der Waals surface area contributed by atoms with Crippen LogP contribution in [-0.2, 0) is 0 Å². The normalized spacial score (nSPS) is 14.9. The molecule has 0 unspecified atom stereocenters. The van der Waals surface area contributed by atoms with E-state index in [-0.39, 0.29) is 5.95 Å². The zero-order chi connectivity index (χ0) is 13.2. The first-order chi connectivity index (χ1) is 9.22. The molecule has 2 aromatic rings. The Bertz CT molecular complexity index is 595. The van der Waals surface area contributed by atoms with Crippen LogP contribution in [0.2, 0.25) is 0 Å². The largest absolute Gasteiger partial charge is 0.368 e. The van der Waals surface area contributed by atoms with Gasteiger partial charge in [0.2, 0.25) is 11.9 Å². The number of aromatic nitrogens is 3. The molecule has 3 rings (SSSR count). The van der Waals surface area contributed by atoms with Gasteiger partial charge >= 0.3 is 0 Å². The number of anilines is 2. The van der Waals surface area contributed by atoms with Gasteiger partial charge in [-0.3, -0.25) is 0 Å². The van der Waals surface area contributed by atoms with Gasteiger partial charge in [0.05, 0.1) is 0 Å². The topological polar surface area (TPSA) is 67.9 Å². The number of benzene rings is 1. The molecule has 0 spiro atoms. The molecular weight excluding hydrogens is 306 g/mol. The van der Waals surface area contributed by atoms with Crippen molar-refractivity contribution in [1.82, 2.24) is 15.0 Å². The van der Waals surface area contributed by atoms with E-state index >= 15 is 0 Å². The SMILES string of the molecule is Nc1nc(-c2cccc(Br)c2)nc(N2CCCC2)n1. The molecule has 1 aromatic heterocycles. The molecule has 0 saturated carbocycles. The van der Waals surface area contributed by atoms with E-state index < -0.39 is 0 Å². The molecule has 5 nitrogen and oxygen atoms in total. The second-order valence-corrected chi connectivity index (χ2v) is 5.44. The van der Waals surface area contributed by atoms with Crippen LogP contribution in [0.4, 0.5) is 11.9 Å². The Morgan fingerprint density at radius 3 is 2.63 bits per heavy atom. The lowest BCUT2D eigenvalue weighted by molar-refractivity contribution is 0.887. The summed E-state index contributed by atoms with van der Waals surface area (Å²) in [4.78, 5) is 15.1. The Kier molecular flexibility index (Phi) is 3.33. The molecule has 1 aromatic carbocycles. The van der Waals surface area contributed by atoms with Crippen LogP contribution in [0.1, 0.15) is 12.8 Å². The fourth-order valence-corrected chi connectivity index (χ4v) is 2.60. The van der Waals surface area contributed by atoms with Crippen LogP contribution in [-0.4, -0.2) is 28.0 Å². The summed E-state index contributed by atoms with van der Waals surface area (Å²) in [5.74, 6) is 1.57. The average molecular weight is 320 g/mol. The zero-order valence-corrected chi connectivity index (χ0v) is 12.0. The van der Waals surface area contributed by atoms with Crippen molar-refractivity contribution in [2.45, 2.75) is 12.8 Å². The van der Waals surface area contributed by atoms with Gasteiger partial charge in [0, 0.05) is 23.1 Å². The van der Waals surface area contributed by atoms with Crippen molar-refractivity contribution in [2.75, 3.05) is 23.7 Å². The van der Waals surface area contributed by atoms with Crippen LogP contribution >= 0.6 is 15.9 Å². The molecule has 2 N–H and O–H groups in total. The molecule has 6 heteroatoms. The van der Waals surface area contributed by atoms with E-state index in [0.29, 0.717) is 11.8 Å². The fourth-order valence-electron chi connectivity index (χ4n) is 2.20. The summed E-state index contributed by atoms with van der Waals surface area (Å²) in [6.07, 6.45) is 2.36. The molecule has 1 fully saturated rings. The number of rotatable bonds is 2. The van der Waals surface area contributed by atoms with E-state index in [1.165, 1.54) is 12.8 Å². The summed E-state index contributed by atoms with van der Waals surface area (Å²) in [5.41, 5.74) is 6.74. The smallest absolute Gasteiger partial charge is 0.230 e. The van der Waals surface area contributed by atoms with Crippen LogP contribution in [0.15, 0.2) is 28.7 Å². The minimum atomic E-state index is 0.270. The van der Waals surface area contributed by atoms with Crippen molar-refractivity contribution < 1.29 is 0 Å². The molecule has 0 atom stereocenters. The van der Waals surface area contributed by atoms with E-state index in [9.17, 15) is 0 Å². The Hall–Kier alpha value is -1.69. The third-order valence-electron chi connectivity index (χ3n) is 3.11. The number of nitrogens with two attached hydrogens (primary N) is 1. The van der Waals surface area contributed by atoms with Gasteiger partial charge in [-0.1, -0.05) is 28.1 Å². The molecule has 1 aliphatic heterocycles. The lowest BCUT2D eigenvalue weighted by Gasteiger charge is -2.15. The van der Waals surface area contributed by atoms with Crippen molar-refractivity contribution in [3.8, 4) is 11.4 Å². The summed E-state index contributed by atoms with van der Waals surface area (Å²) >= 11 is 3.45. The predicted molar refractivity (Wildman–Crippen MR) is 78.8 cm³/mol. The van der Waals surface area contributed by atoms with Crippen molar-refractivity contribution in [3.05, 3.63) is 28.7 Å². The van der Waals surface area contributed by atoms with Gasteiger partial charge in [-0.25, -0.2) is 0 Å². The molecule has 0 aliphatic carbocycles. The molecule has 1 aliphatic rings. The third kappa shape index (κ3) is 2.68. The molecule has 98 valence electrons. The maximum atomic E-state index is 5.80. The quantitative estimate of drug-likeness (QED) is 0.921. The summed E-state index contributed by atoms with van der Waals surface area (Å²) in [6.45, 7) is 1.97. The lowest BCUT2D eigenvalue weighted by atomic mass is 10.2. The minimum Gasteiger partial charge on any atom is -0.368 e. The van der Waals surface area contributed by atoms with Gasteiger partial charge in [-0.2, -0.15) is 15.0 Å². The fraction of sp³-hybridized carbons (Fsp3) is 0.308. The van der Waals surface area contributed by atoms with Crippen LogP contribution in [0.25, 0.3) is 11.4 Å². The van der Waals surface area contributed by atoms with Crippen LogP contribution < -0.4 is 10.6 Å². The number of halogens is 1. The van der Waals surface area contributed by atoms with Crippen molar-refractivity contribution >= 4 is 27.8 Å². The van der Waals surface area contributed by atoms with Crippen molar-refractivity contribution in [3.63, 3.8) is 0 Å². The van der Waals surface area contributed by atoms with Gasteiger partial charge in [-0.15, -0.1) is 0 Å². The van der Waals surface area contributed by atoms with Crippen molar-refractivity contribution in [1.29, 1.82) is 0 Å². The third-order valence-corrected chi connectivity index (χ3v) is 3.61. The van der Waals surface area contributed by atoms with Gasteiger partial charge in [0.1, 0.15) is 0 Å². The molecule has 19 heavy (non-hydrogen) atoms. The molecule has 1 saturated heterocycles. The molecule has 0 bridgehead atoms. The highest BCUT2D eigenvalue weighted by molar-refractivity contribution is 9.10. The monoisotopic (exact) mass is 319 g/mol. The van der Waals surface area contributed by atoms with Crippen LogP contribution in [0.5, 0.6) is 0 Å². The Labute approximate surface area is 120 Å². The van der Waals surface area contributed by atoms with Gasteiger partial charge in [0.25, 0.3) is 0 Å². The number of nitrogens with zero attached hydrogens (tertiary/aromatic N) is 4. The highest BCUT2D eigenvalue weighted by Gasteiger charge is 2.17. The summed E-state index contributed by atoms with van der Waals surface area (Å²) in [7, 11) is 0. The van der Waals surface area contributed by atoms with Gasteiger partial charge < -0.3 is 10.6 Å². The average Bonchev–Trinajstić information content (AvgIpc) is 2.92. The summed E-state index contributed by atoms with van der Waals surface area (Å²) < 4.78 is 0.992. The van der Waals surface area contributed by atoms with Crippen LogP contribution in [0, 0.1) is 0 Å². The highest BCUT2D eigenvalue weighted by Crippen LogP contribution is 2.23. The maximum absolute atomic E-state index is 5.80. The predicted octanol–water partition coefficient (Wildman–Crippen LogP) is 2.48. The first-order valence-corrected chi connectivity index (χ1v) is 7.04. The number of nitrogen functional groups attached to an aromatic ring is 1. The molecule has 2 heterocycles. The minimum absolute atomic E-state index is 0.270. The first-order valence-electron chi connectivity index (χ1n) is 6.25. The highest BCUT2D eigenvalue weighted by atomic mass is 79.9. The maximum Gasteiger partial charge on any atom is 0.230 e. The Balaban J connectivity index is 2.01. The molecule has 0 radical (unpaired) electrons. The van der Waals surface area contributed by atoms with Crippen molar-refractivity contribution in [2.24, 2.45) is 0 Å². The number of hydrogen-bond donors (Lipinski definition) is 1. The Morgan fingerprint density at radius 1 is 1.11 bits per heavy atom. The zero-order valence-electron chi connectivity index (χ0n) is 10.4. The molecule has 0 amide bonds. The van der Waals surface area contributed by atoms with E-state index in [0.717, 1.165) is 23.1 Å². The van der Waals surface area contributed by atoms with Gasteiger partial charge in [-0.05, 0) is 25.0 Å². The van der Waals surface area contributed by atoms with Gasteiger partial charge in [0.15, 0.2) is 5.82 Å². The first kappa shape index (κ1) is 12.3. The van der Waals surface area contributed by atoms with E-state index in [4.69, 9.17) is 5.73 Å².